The maximum atomic E-state index is 14.1. The van der Waals surface area contributed by atoms with Crippen molar-refractivity contribution in [2.24, 2.45) is 52.3 Å². The Labute approximate surface area is 205 Å². The predicted molar refractivity (Wildman–Crippen MR) is 128 cm³/mol. The molecular formula is C29H44O5. The van der Waals surface area contributed by atoms with Crippen LogP contribution in [-0.4, -0.2) is 36.4 Å². The molecule has 0 unspecified atom stereocenters. The van der Waals surface area contributed by atoms with Crippen LogP contribution in [0.25, 0.3) is 0 Å². The first kappa shape index (κ1) is 23.5. The van der Waals surface area contributed by atoms with E-state index >= 15 is 0 Å². The molecule has 6 fully saturated rings. The second-order valence-corrected chi connectivity index (χ2v) is 13.5. The Morgan fingerprint density at radius 1 is 1.03 bits per heavy atom. The molecule has 4 saturated carbocycles. The topological polar surface area (TPSA) is 61.8 Å². The zero-order valence-electron chi connectivity index (χ0n) is 21.8. The van der Waals surface area contributed by atoms with Gasteiger partial charge < -0.3 is 14.2 Å². The van der Waals surface area contributed by atoms with Crippen LogP contribution in [0, 0.1) is 52.3 Å². The summed E-state index contributed by atoms with van der Waals surface area (Å²) in [7, 11) is 0. The van der Waals surface area contributed by atoms with E-state index in [1.807, 2.05) is 0 Å². The molecule has 0 radical (unpaired) electrons. The molecule has 5 nitrogen and oxygen atoms in total. The van der Waals surface area contributed by atoms with Gasteiger partial charge in [-0.1, -0.05) is 27.7 Å². The zero-order valence-corrected chi connectivity index (χ0v) is 21.8. The molecule has 34 heavy (non-hydrogen) atoms. The molecule has 0 N–H and O–H groups in total. The molecule has 12 atom stereocenters. The Hall–Kier alpha value is -0.940. The summed E-state index contributed by atoms with van der Waals surface area (Å²) in [6.45, 7) is 11.6. The number of carbonyl (C=O) groups is 2. The summed E-state index contributed by atoms with van der Waals surface area (Å²) in [5.74, 6) is 3.07. The second-order valence-electron chi connectivity index (χ2n) is 13.5. The van der Waals surface area contributed by atoms with Gasteiger partial charge in [-0.05, 0) is 80.0 Å². The first-order chi connectivity index (χ1) is 16.1. The average Bonchev–Trinajstić information content (AvgIpc) is 3.23. The SMILES string of the molecule is CC(=O)O[C@H]1CC[C@@]2(C)[C@@H](CC[C@@H]3[C@@H]2CC(=O)[C@]2(C)[C@@H]4[C@H](C[C@@H]32)O[C@@]2(CC[C@H](C)CO2)[C@@H]4C)C1. The Morgan fingerprint density at radius 2 is 1.82 bits per heavy atom. The third kappa shape index (κ3) is 3.11. The van der Waals surface area contributed by atoms with Gasteiger partial charge in [-0.15, -0.1) is 0 Å². The van der Waals surface area contributed by atoms with Crippen LogP contribution >= 0.6 is 0 Å². The Kier molecular flexibility index (Phi) is 5.37. The van der Waals surface area contributed by atoms with Crippen LogP contribution in [0.15, 0.2) is 0 Å². The van der Waals surface area contributed by atoms with Gasteiger partial charge in [-0.3, -0.25) is 9.59 Å². The highest BCUT2D eigenvalue weighted by Gasteiger charge is 2.71. The summed E-state index contributed by atoms with van der Waals surface area (Å²) in [4.78, 5) is 25.7. The minimum atomic E-state index is -0.467. The largest absolute Gasteiger partial charge is 0.463 e. The summed E-state index contributed by atoms with van der Waals surface area (Å²) in [6.07, 6.45) is 9.47. The van der Waals surface area contributed by atoms with E-state index in [1.54, 1.807) is 0 Å². The highest BCUT2D eigenvalue weighted by atomic mass is 16.7. The van der Waals surface area contributed by atoms with Gasteiger partial charge in [-0.25, -0.2) is 0 Å². The van der Waals surface area contributed by atoms with Crippen molar-refractivity contribution in [3.8, 4) is 0 Å². The van der Waals surface area contributed by atoms with Crippen molar-refractivity contribution in [2.75, 3.05) is 6.61 Å². The van der Waals surface area contributed by atoms with Crippen molar-refractivity contribution in [2.45, 2.75) is 110 Å². The molecule has 190 valence electrons. The van der Waals surface area contributed by atoms with Gasteiger partial charge in [-0.2, -0.15) is 0 Å². The van der Waals surface area contributed by atoms with E-state index in [-0.39, 0.29) is 40.8 Å². The number of ketones is 1. The van der Waals surface area contributed by atoms with E-state index < -0.39 is 5.79 Å². The van der Waals surface area contributed by atoms with Crippen LogP contribution in [0.4, 0.5) is 0 Å². The smallest absolute Gasteiger partial charge is 0.302 e. The number of Topliss-reactive ketones (excluding diaryl/α,β-unsaturated/α-hetero) is 1. The van der Waals surface area contributed by atoms with Crippen LogP contribution in [0.3, 0.4) is 0 Å². The van der Waals surface area contributed by atoms with Gasteiger partial charge in [0, 0.05) is 37.0 Å². The molecule has 0 aromatic rings. The molecule has 5 heteroatoms. The summed E-state index contributed by atoms with van der Waals surface area (Å²) < 4.78 is 18.8. The van der Waals surface area contributed by atoms with Crippen molar-refractivity contribution in [3.63, 3.8) is 0 Å². The van der Waals surface area contributed by atoms with Gasteiger partial charge in [0.2, 0.25) is 0 Å². The normalized spacial score (nSPS) is 56.4. The third-order valence-electron chi connectivity index (χ3n) is 12.1. The molecule has 1 spiro atoms. The van der Waals surface area contributed by atoms with Crippen molar-refractivity contribution in [3.05, 3.63) is 0 Å². The standard InChI is InChI=1S/C29H44O5/c1-16-8-11-29(32-15-16)17(2)26-24(34-29)13-23-21-7-6-19-12-20(33-18(3)30)9-10-27(19,4)22(21)14-25(31)28(23,26)5/h16-17,19-24,26H,6-15H2,1-5H3/t16-,17+,19-,20-,21+,22-,23-,24-,26-,27-,28+,29-/m0/s1. The fourth-order valence-electron chi connectivity index (χ4n) is 10.3. The van der Waals surface area contributed by atoms with Crippen molar-refractivity contribution < 1.29 is 23.8 Å². The summed E-state index contributed by atoms with van der Waals surface area (Å²) in [5, 5.41) is 0. The van der Waals surface area contributed by atoms with Crippen molar-refractivity contribution in [1.29, 1.82) is 0 Å². The molecule has 6 aliphatic rings. The number of fused-ring (bicyclic) bond motifs is 7. The van der Waals surface area contributed by atoms with Gasteiger partial charge in [0.15, 0.2) is 5.79 Å². The lowest BCUT2D eigenvalue weighted by Crippen LogP contribution is -2.58. The maximum absolute atomic E-state index is 14.1. The van der Waals surface area contributed by atoms with Gasteiger partial charge >= 0.3 is 5.97 Å². The average molecular weight is 473 g/mol. The fourth-order valence-corrected chi connectivity index (χ4v) is 10.3. The van der Waals surface area contributed by atoms with E-state index in [1.165, 1.54) is 19.8 Å². The van der Waals surface area contributed by atoms with Gasteiger partial charge in [0.1, 0.15) is 11.9 Å². The lowest BCUT2D eigenvalue weighted by atomic mass is 9.44. The lowest BCUT2D eigenvalue weighted by Gasteiger charge is -2.60. The molecule has 2 saturated heterocycles. The first-order valence-electron chi connectivity index (χ1n) is 14.1. The van der Waals surface area contributed by atoms with E-state index in [2.05, 4.69) is 27.7 Å². The molecule has 0 amide bonds. The number of hydrogen-bond donors (Lipinski definition) is 0. The Balaban J connectivity index is 1.25. The third-order valence-corrected chi connectivity index (χ3v) is 12.1. The number of esters is 1. The second kappa shape index (κ2) is 7.78. The summed E-state index contributed by atoms with van der Waals surface area (Å²) in [5.41, 5.74) is -0.0934. The van der Waals surface area contributed by atoms with Gasteiger partial charge in [0.25, 0.3) is 0 Å². The molecule has 0 aromatic heterocycles. The highest BCUT2D eigenvalue weighted by molar-refractivity contribution is 5.87. The van der Waals surface area contributed by atoms with E-state index in [0.717, 1.165) is 51.6 Å². The molecule has 0 aromatic carbocycles. The van der Waals surface area contributed by atoms with Crippen LogP contribution in [0.1, 0.15) is 92.4 Å². The van der Waals surface area contributed by atoms with Crippen molar-refractivity contribution >= 4 is 11.8 Å². The predicted octanol–water partition coefficient (Wildman–Crippen LogP) is 5.54. The van der Waals surface area contributed by atoms with Crippen LogP contribution in [0.2, 0.25) is 0 Å². The number of hydrogen-bond acceptors (Lipinski definition) is 5. The van der Waals surface area contributed by atoms with Crippen molar-refractivity contribution in [1.82, 2.24) is 0 Å². The summed E-state index contributed by atoms with van der Waals surface area (Å²) >= 11 is 0. The number of ether oxygens (including phenoxy) is 3. The molecule has 2 aliphatic heterocycles. The minimum absolute atomic E-state index is 0.0613. The number of rotatable bonds is 1. The van der Waals surface area contributed by atoms with E-state index in [4.69, 9.17) is 14.2 Å². The maximum Gasteiger partial charge on any atom is 0.302 e. The molecule has 0 bridgehead atoms. The minimum Gasteiger partial charge on any atom is -0.463 e. The monoisotopic (exact) mass is 472 g/mol. The highest BCUT2D eigenvalue weighted by Crippen LogP contribution is 2.70. The lowest BCUT2D eigenvalue weighted by molar-refractivity contribution is -0.272. The molecule has 4 aliphatic carbocycles. The van der Waals surface area contributed by atoms with Crippen LogP contribution in [0.5, 0.6) is 0 Å². The first-order valence-corrected chi connectivity index (χ1v) is 14.1. The fraction of sp³-hybridized carbons (Fsp3) is 0.931. The molecular weight excluding hydrogens is 428 g/mol. The Bertz CT molecular complexity index is 861. The Morgan fingerprint density at radius 3 is 2.53 bits per heavy atom. The van der Waals surface area contributed by atoms with E-state index in [0.29, 0.717) is 35.4 Å². The molecule has 6 rings (SSSR count). The quantitative estimate of drug-likeness (QED) is 0.469. The van der Waals surface area contributed by atoms with E-state index in [9.17, 15) is 9.59 Å². The summed E-state index contributed by atoms with van der Waals surface area (Å²) in [6, 6.07) is 0. The van der Waals surface area contributed by atoms with Gasteiger partial charge in [0.05, 0.1) is 12.7 Å². The zero-order chi connectivity index (χ0) is 24.0. The molecule has 2 heterocycles. The number of carbonyl (C=O) groups excluding carboxylic acids is 2. The van der Waals surface area contributed by atoms with Crippen LogP contribution in [-0.2, 0) is 23.8 Å². The van der Waals surface area contributed by atoms with Crippen LogP contribution < -0.4 is 0 Å².